The molecule has 21 heavy (non-hydrogen) atoms. The molecule has 2 N–H and O–H groups in total. The molecular weight excluding hydrogens is 274 g/mol. The fourth-order valence-electron chi connectivity index (χ4n) is 2.31. The minimum Gasteiger partial charge on any atom is -0.466 e. The van der Waals surface area contributed by atoms with E-state index in [4.69, 9.17) is 4.74 Å². The zero-order chi connectivity index (χ0) is 15.6. The molecule has 1 saturated heterocycles. The Morgan fingerprint density at radius 1 is 1.43 bits per heavy atom. The number of likely N-dealkylation sites (tertiary alicyclic amines) is 1. The number of amides is 2. The van der Waals surface area contributed by atoms with Crippen molar-refractivity contribution >= 4 is 17.8 Å². The van der Waals surface area contributed by atoms with Crippen LogP contribution in [-0.2, 0) is 9.59 Å². The monoisotopic (exact) mass is 295 g/mol. The first kappa shape index (κ1) is 15.3. The van der Waals surface area contributed by atoms with Crippen molar-refractivity contribution in [2.24, 2.45) is 5.41 Å². The van der Waals surface area contributed by atoms with Crippen LogP contribution in [0.15, 0.2) is 0 Å². The summed E-state index contributed by atoms with van der Waals surface area (Å²) in [5.41, 5.74) is -0.502. The summed E-state index contributed by atoms with van der Waals surface area (Å²) in [5, 5.41) is 8.95. The molecule has 1 atom stereocenters. The van der Waals surface area contributed by atoms with Crippen molar-refractivity contribution < 1.29 is 14.3 Å². The van der Waals surface area contributed by atoms with Gasteiger partial charge in [0, 0.05) is 12.0 Å². The van der Waals surface area contributed by atoms with Gasteiger partial charge in [-0.25, -0.2) is 5.10 Å². The summed E-state index contributed by atoms with van der Waals surface area (Å²) in [6, 6.07) is -0.313. The molecule has 2 amide bonds. The second-order valence-electron chi connectivity index (χ2n) is 6.07. The van der Waals surface area contributed by atoms with Crippen molar-refractivity contribution in [2.45, 2.75) is 39.7 Å². The third-order valence-electron chi connectivity index (χ3n) is 3.35. The molecule has 0 aliphatic carbocycles. The molecule has 2 rings (SSSR count). The summed E-state index contributed by atoms with van der Waals surface area (Å²) in [7, 11) is 1.44. The van der Waals surface area contributed by atoms with Crippen LogP contribution in [0, 0.1) is 5.41 Å². The number of aromatic nitrogens is 3. The molecule has 1 aromatic rings. The maximum absolute atomic E-state index is 12.4. The topological polar surface area (TPSA) is 100 Å². The number of methoxy groups -OCH3 is 1. The van der Waals surface area contributed by atoms with E-state index in [1.807, 2.05) is 20.8 Å². The number of aromatic amines is 1. The fraction of sp³-hybridized carbons (Fsp3) is 0.692. The maximum atomic E-state index is 12.4. The van der Waals surface area contributed by atoms with Crippen LogP contribution in [0.2, 0.25) is 0 Å². The lowest BCUT2D eigenvalue weighted by Crippen LogP contribution is -2.47. The van der Waals surface area contributed by atoms with Crippen molar-refractivity contribution in [3.05, 3.63) is 0 Å². The molecule has 1 unspecified atom stereocenters. The Hall–Kier alpha value is -2.12. The van der Waals surface area contributed by atoms with Crippen LogP contribution < -0.4 is 10.1 Å². The molecule has 1 aromatic heterocycles. The molecule has 1 aliphatic rings. The second kappa shape index (κ2) is 5.71. The molecule has 1 aliphatic heterocycles. The molecule has 0 aromatic carbocycles. The van der Waals surface area contributed by atoms with Gasteiger partial charge in [0.05, 0.1) is 7.11 Å². The summed E-state index contributed by atoms with van der Waals surface area (Å²) in [6.45, 7) is 6.16. The molecule has 0 spiro atoms. The number of carbonyl (C=O) groups excluding carboxylic acids is 2. The normalized spacial score (nSPS) is 18.7. The lowest BCUT2D eigenvalue weighted by atomic mass is 9.94. The van der Waals surface area contributed by atoms with Crippen molar-refractivity contribution in [3.8, 4) is 6.01 Å². The summed E-state index contributed by atoms with van der Waals surface area (Å²) >= 11 is 0. The third-order valence-corrected chi connectivity index (χ3v) is 3.35. The largest absolute Gasteiger partial charge is 0.466 e. The zero-order valence-electron chi connectivity index (χ0n) is 12.8. The summed E-state index contributed by atoms with van der Waals surface area (Å²) in [4.78, 5) is 30.3. The Balaban J connectivity index is 2.05. The van der Waals surface area contributed by atoms with Gasteiger partial charge in [-0.15, -0.1) is 5.10 Å². The number of hydrogen-bond acceptors (Lipinski definition) is 5. The number of nitrogens with zero attached hydrogens (tertiary/aromatic N) is 3. The number of ether oxygens (including phenoxy) is 1. The molecule has 1 fully saturated rings. The van der Waals surface area contributed by atoms with Gasteiger partial charge < -0.3 is 9.64 Å². The van der Waals surface area contributed by atoms with Gasteiger partial charge in [-0.3, -0.25) is 14.9 Å². The van der Waals surface area contributed by atoms with E-state index in [0.717, 1.165) is 6.42 Å². The first-order valence-corrected chi connectivity index (χ1v) is 6.91. The van der Waals surface area contributed by atoms with Crippen LogP contribution in [0.4, 0.5) is 5.95 Å². The number of anilines is 1. The van der Waals surface area contributed by atoms with Crippen LogP contribution in [0.1, 0.15) is 33.6 Å². The van der Waals surface area contributed by atoms with E-state index in [2.05, 4.69) is 20.5 Å². The maximum Gasteiger partial charge on any atom is 0.336 e. The Kier molecular flexibility index (Phi) is 4.15. The predicted octanol–water partition coefficient (Wildman–Crippen LogP) is 0.789. The number of hydrogen-bond donors (Lipinski definition) is 2. The van der Waals surface area contributed by atoms with Crippen molar-refractivity contribution in [1.82, 2.24) is 20.1 Å². The predicted molar refractivity (Wildman–Crippen MR) is 75.8 cm³/mol. The van der Waals surface area contributed by atoms with Gasteiger partial charge in [0.25, 0.3) is 0 Å². The summed E-state index contributed by atoms with van der Waals surface area (Å²) in [5.74, 6) is -0.0638. The van der Waals surface area contributed by atoms with E-state index in [-0.39, 0.29) is 23.8 Å². The van der Waals surface area contributed by atoms with Crippen molar-refractivity contribution in [3.63, 3.8) is 0 Å². The van der Waals surface area contributed by atoms with Crippen LogP contribution >= 0.6 is 0 Å². The fourth-order valence-corrected chi connectivity index (χ4v) is 2.31. The highest BCUT2D eigenvalue weighted by Crippen LogP contribution is 2.26. The Bertz CT molecular complexity index is 534. The molecule has 0 saturated carbocycles. The Morgan fingerprint density at radius 2 is 2.14 bits per heavy atom. The van der Waals surface area contributed by atoms with Gasteiger partial charge in [-0.1, -0.05) is 20.8 Å². The molecule has 0 bridgehead atoms. The highest BCUT2D eigenvalue weighted by molar-refractivity contribution is 5.97. The van der Waals surface area contributed by atoms with E-state index in [1.54, 1.807) is 4.90 Å². The minimum absolute atomic E-state index is 0.0182. The number of H-pyrrole nitrogens is 1. The highest BCUT2D eigenvalue weighted by atomic mass is 16.5. The first-order valence-electron chi connectivity index (χ1n) is 6.91. The molecule has 8 nitrogen and oxygen atoms in total. The second-order valence-corrected chi connectivity index (χ2v) is 6.07. The van der Waals surface area contributed by atoms with Gasteiger partial charge in [0.1, 0.15) is 6.04 Å². The van der Waals surface area contributed by atoms with Gasteiger partial charge in [0.15, 0.2) is 0 Å². The SMILES string of the molecule is COc1n[nH]c(NC(=O)C2CCCN2C(=O)C(C)(C)C)n1. The first-order chi connectivity index (χ1) is 9.82. The smallest absolute Gasteiger partial charge is 0.336 e. The lowest BCUT2D eigenvalue weighted by molar-refractivity contribution is -0.143. The molecule has 2 heterocycles. The van der Waals surface area contributed by atoms with Crippen LogP contribution in [0.5, 0.6) is 6.01 Å². The standard InChI is InChI=1S/C13H21N5O3/c1-13(2,3)10(20)18-7-5-6-8(18)9(19)14-11-15-12(21-4)17-16-11/h8H,5-7H2,1-4H3,(H2,14,15,16,17,19). The lowest BCUT2D eigenvalue weighted by Gasteiger charge is -2.29. The number of rotatable bonds is 3. The Labute approximate surface area is 123 Å². The molecular formula is C13H21N5O3. The van der Waals surface area contributed by atoms with Crippen molar-refractivity contribution in [1.29, 1.82) is 0 Å². The molecule has 116 valence electrons. The minimum atomic E-state index is -0.502. The van der Waals surface area contributed by atoms with E-state index >= 15 is 0 Å². The Morgan fingerprint density at radius 3 is 2.71 bits per heavy atom. The quantitative estimate of drug-likeness (QED) is 0.858. The molecule has 0 radical (unpaired) electrons. The summed E-state index contributed by atoms with van der Waals surface area (Å²) in [6.07, 6.45) is 1.47. The average Bonchev–Trinajstić information content (AvgIpc) is 3.04. The third kappa shape index (κ3) is 3.32. The zero-order valence-corrected chi connectivity index (χ0v) is 12.8. The van der Waals surface area contributed by atoms with Gasteiger partial charge in [-0.2, -0.15) is 4.98 Å². The van der Waals surface area contributed by atoms with E-state index in [9.17, 15) is 9.59 Å². The van der Waals surface area contributed by atoms with Crippen LogP contribution in [0.25, 0.3) is 0 Å². The van der Waals surface area contributed by atoms with E-state index < -0.39 is 11.5 Å². The molecule has 8 heteroatoms. The van der Waals surface area contributed by atoms with E-state index in [1.165, 1.54) is 7.11 Å². The van der Waals surface area contributed by atoms with Gasteiger partial charge >= 0.3 is 6.01 Å². The van der Waals surface area contributed by atoms with E-state index in [0.29, 0.717) is 13.0 Å². The number of nitrogens with one attached hydrogen (secondary N) is 2. The number of carbonyl (C=O) groups is 2. The van der Waals surface area contributed by atoms with Gasteiger partial charge in [0.2, 0.25) is 17.8 Å². The van der Waals surface area contributed by atoms with Crippen LogP contribution in [-0.4, -0.2) is 51.6 Å². The summed E-state index contributed by atoms with van der Waals surface area (Å²) < 4.78 is 4.84. The van der Waals surface area contributed by atoms with Gasteiger partial charge in [-0.05, 0) is 12.8 Å². The van der Waals surface area contributed by atoms with Crippen molar-refractivity contribution in [2.75, 3.05) is 19.0 Å². The van der Waals surface area contributed by atoms with Crippen LogP contribution in [0.3, 0.4) is 0 Å². The highest BCUT2D eigenvalue weighted by Gasteiger charge is 2.38. The average molecular weight is 295 g/mol.